The average molecular weight is 259 g/mol. The molecule has 0 amide bonds. The molecule has 0 unspecified atom stereocenters. The van der Waals surface area contributed by atoms with Crippen LogP contribution in [-0.4, -0.2) is 24.8 Å². The number of aromatic amines is 1. The highest BCUT2D eigenvalue weighted by atomic mass is 32.2. The van der Waals surface area contributed by atoms with Crippen LogP contribution in [0.5, 0.6) is 0 Å². The maximum absolute atomic E-state index is 11.4. The molecule has 3 heterocycles. The molecule has 0 atom stereocenters. The Hall–Kier alpha value is -2.15. The van der Waals surface area contributed by atoms with Gasteiger partial charge in [-0.1, -0.05) is 6.07 Å². The Morgan fingerprint density at radius 2 is 2.11 bits per heavy atom. The van der Waals surface area contributed by atoms with Crippen molar-refractivity contribution in [2.75, 3.05) is 0 Å². The quantitative estimate of drug-likeness (QED) is 0.750. The van der Waals surface area contributed by atoms with Gasteiger partial charge in [-0.3, -0.25) is 0 Å². The van der Waals surface area contributed by atoms with Crippen molar-refractivity contribution >= 4 is 17.4 Å². The van der Waals surface area contributed by atoms with E-state index in [2.05, 4.69) is 20.3 Å². The maximum Gasteiger partial charge on any atom is 0.364 e. The molecule has 0 saturated heterocycles. The van der Waals surface area contributed by atoms with Gasteiger partial charge < -0.3 is 0 Å². The molecule has 0 fully saturated rings. The standard InChI is InChI=1S/C11H9N5OS/c1-7-3-2-4-9(12-7)18-10-6-5-8-13-14-11(17)16(8)15-10/h2-6H,1H3,(H,14,17). The fraction of sp³-hybridized carbons (Fsp3) is 0.0909. The molecule has 90 valence electrons. The molecule has 1 N–H and O–H groups in total. The molecule has 18 heavy (non-hydrogen) atoms. The van der Waals surface area contributed by atoms with Crippen molar-refractivity contribution < 1.29 is 0 Å². The Balaban J connectivity index is 1.99. The summed E-state index contributed by atoms with van der Waals surface area (Å²) in [7, 11) is 0. The van der Waals surface area contributed by atoms with Crippen molar-refractivity contribution in [1.82, 2.24) is 24.8 Å². The first-order chi connectivity index (χ1) is 8.72. The number of hydrogen-bond acceptors (Lipinski definition) is 5. The molecule has 0 aliphatic rings. The number of hydrogen-bond donors (Lipinski definition) is 1. The highest BCUT2D eigenvalue weighted by molar-refractivity contribution is 7.99. The largest absolute Gasteiger partial charge is 0.364 e. The zero-order chi connectivity index (χ0) is 12.5. The minimum atomic E-state index is -0.343. The van der Waals surface area contributed by atoms with Crippen molar-refractivity contribution in [1.29, 1.82) is 0 Å². The lowest BCUT2D eigenvalue weighted by molar-refractivity contribution is 0.819. The van der Waals surface area contributed by atoms with Gasteiger partial charge in [0.15, 0.2) is 5.65 Å². The van der Waals surface area contributed by atoms with Crippen LogP contribution < -0.4 is 5.69 Å². The van der Waals surface area contributed by atoms with Crippen LogP contribution in [0.4, 0.5) is 0 Å². The lowest BCUT2D eigenvalue weighted by Crippen LogP contribution is -2.12. The van der Waals surface area contributed by atoms with E-state index in [0.717, 1.165) is 10.7 Å². The van der Waals surface area contributed by atoms with Crippen LogP contribution in [0.3, 0.4) is 0 Å². The van der Waals surface area contributed by atoms with E-state index >= 15 is 0 Å². The fourth-order valence-corrected chi connectivity index (χ4v) is 2.33. The summed E-state index contributed by atoms with van der Waals surface area (Å²) in [6, 6.07) is 9.32. The van der Waals surface area contributed by atoms with Crippen LogP contribution in [0.25, 0.3) is 5.65 Å². The molecular formula is C11H9N5OS. The summed E-state index contributed by atoms with van der Waals surface area (Å²) in [5.74, 6) is 0. The minimum absolute atomic E-state index is 0.343. The summed E-state index contributed by atoms with van der Waals surface area (Å²) >= 11 is 1.41. The van der Waals surface area contributed by atoms with Gasteiger partial charge in [0, 0.05) is 5.69 Å². The molecule has 0 spiro atoms. The molecule has 0 aromatic carbocycles. The highest BCUT2D eigenvalue weighted by Crippen LogP contribution is 2.23. The predicted molar refractivity (Wildman–Crippen MR) is 66.7 cm³/mol. The van der Waals surface area contributed by atoms with Crippen LogP contribution in [0.2, 0.25) is 0 Å². The van der Waals surface area contributed by atoms with E-state index < -0.39 is 0 Å². The van der Waals surface area contributed by atoms with Crippen LogP contribution in [-0.2, 0) is 0 Å². The first-order valence-corrected chi connectivity index (χ1v) is 6.10. The highest BCUT2D eigenvalue weighted by Gasteiger charge is 2.05. The van der Waals surface area contributed by atoms with Gasteiger partial charge in [0.1, 0.15) is 10.1 Å². The van der Waals surface area contributed by atoms with Gasteiger partial charge in [-0.05, 0) is 43.0 Å². The van der Waals surface area contributed by atoms with E-state index in [-0.39, 0.29) is 5.69 Å². The molecule has 6 nitrogen and oxygen atoms in total. The van der Waals surface area contributed by atoms with Gasteiger partial charge in [0.2, 0.25) is 0 Å². The first kappa shape index (κ1) is 11.0. The molecule has 0 radical (unpaired) electrons. The number of aromatic nitrogens is 5. The lowest BCUT2D eigenvalue weighted by atomic mass is 10.4. The predicted octanol–water partition coefficient (Wildman–Crippen LogP) is 1.27. The average Bonchev–Trinajstić information content (AvgIpc) is 2.71. The van der Waals surface area contributed by atoms with Crippen LogP contribution >= 0.6 is 11.8 Å². The molecule has 0 saturated carbocycles. The van der Waals surface area contributed by atoms with Crippen molar-refractivity contribution in [3.63, 3.8) is 0 Å². The number of nitrogens with one attached hydrogen (secondary N) is 1. The van der Waals surface area contributed by atoms with Gasteiger partial charge in [-0.25, -0.2) is 14.9 Å². The van der Waals surface area contributed by atoms with E-state index in [1.807, 2.05) is 31.2 Å². The molecule has 0 bridgehead atoms. The van der Waals surface area contributed by atoms with Gasteiger partial charge in [-0.2, -0.15) is 14.7 Å². The van der Waals surface area contributed by atoms with E-state index in [1.54, 1.807) is 6.07 Å². The number of rotatable bonds is 2. The van der Waals surface area contributed by atoms with Crippen molar-refractivity contribution in [3.05, 3.63) is 46.5 Å². The Kier molecular flexibility index (Phi) is 2.60. The van der Waals surface area contributed by atoms with Gasteiger partial charge in [-0.15, -0.1) is 0 Å². The zero-order valence-electron chi connectivity index (χ0n) is 9.49. The molecule has 3 rings (SSSR count). The van der Waals surface area contributed by atoms with Crippen molar-refractivity contribution in [2.45, 2.75) is 17.0 Å². The van der Waals surface area contributed by atoms with Gasteiger partial charge in [0.05, 0.1) is 0 Å². The number of fused-ring (bicyclic) bond motifs is 1. The second kappa shape index (κ2) is 4.26. The monoisotopic (exact) mass is 259 g/mol. The molecule has 0 aliphatic heterocycles. The smallest absolute Gasteiger partial charge is 0.246 e. The van der Waals surface area contributed by atoms with Crippen molar-refractivity contribution in [2.24, 2.45) is 0 Å². The van der Waals surface area contributed by atoms with Crippen LogP contribution in [0, 0.1) is 6.92 Å². The van der Waals surface area contributed by atoms with E-state index in [9.17, 15) is 4.79 Å². The normalized spacial score (nSPS) is 10.9. The Bertz CT molecular complexity index is 763. The second-order valence-corrected chi connectivity index (χ2v) is 4.73. The SMILES string of the molecule is Cc1cccc(Sc2ccc3n[nH]c(=O)n3n2)n1. The van der Waals surface area contributed by atoms with Crippen LogP contribution in [0.1, 0.15) is 5.69 Å². The first-order valence-electron chi connectivity index (χ1n) is 5.28. The molecule has 3 aromatic heterocycles. The zero-order valence-corrected chi connectivity index (χ0v) is 10.3. The summed E-state index contributed by atoms with van der Waals surface area (Å²) < 4.78 is 1.23. The molecule has 7 heteroatoms. The second-order valence-electron chi connectivity index (χ2n) is 3.69. The Labute approximate surface area is 106 Å². The van der Waals surface area contributed by atoms with Gasteiger partial charge >= 0.3 is 5.69 Å². The third-order valence-corrected chi connectivity index (χ3v) is 3.18. The summed E-state index contributed by atoms with van der Waals surface area (Å²) in [6.45, 7) is 1.93. The summed E-state index contributed by atoms with van der Waals surface area (Å²) in [4.78, 5) is 15.8. The number of aryl methyl sites for hydroxylation is 1. The molecular weight excluding hydrogens is 250 g/mol. The number of pyridine rings is 1. The topological polar surface area (TPSA) is 75.9 Å². The fourth-order valence-electron chi connectivity index (χ4n) is 1.52. The van der Waals surface area contributed by atoms with E-state index in [0.29, 0.717) is 10.7 Å². The Morgan fingerprint density at radius 3 is 2.94 bits per heavy atom. The van der Waals surface area contributed by atoms with Crippen molar-refractivity contribution in [3.8, 4) is 0 Å². The Morgan fingerprint density at radius 1 is 1.22 bits per heavy atom. The molecule has 3 aromatic rings. The lowest BCUT2D eigenvalue weighted by Gasteiger charge is -2.00. The summed E-state index contributed by atoms with van der Waals surface area (Å²) in [5.41, 5.74) is 1.10. The van der Waals surface area contributed by atoms with Gasteiger partial charge in [0.25, 0.3) is 0 Å². The van der Waals surface area contributed by atoms with E-state index in [1.165, 1.54) is 16.3 Å². The third kappa shape index (κ3) is 2.00. The van der Waals surface area contributed by atoms with Crippen LogP contribution in [0.15, 0.2) is 45.2 Å². The van der Waals surface area contributed by atoms with E-state index in [4.69, 9.17) is 0 Å². The summed E-state index contributed by atoms with van der Waals surface area (Å²) in [6.07, 6.45) is 0. The number of nitrogens with zero attached hydrogens (tertiary/aromatic N) is 4. The number of H-pyrrole nitrogens is 1. The third-order valence-electron chi connectivity index (χ3n) is 2.32. The summed E-state index contributed by atoms with van der Waals surface area (Å²) in [5, 5.41) is 11.9. The molecule has 0 aliphatic carbocycles. The minimum Gasteiger partial charge on any atom is -0.246 e. The maximum atomic E-state index is 11.4.